The van der Waals surface area contributed by atoms with Gasteiger partial charge in [-0.1, -0.05) is 18.2 Å². The van der Waals surface area contributed by atoms with Crippen LogP contribution in [-0.2, 0) is 4.74 Å². The maximum atomic E-state index is 14.2. The number of aromatic nitrogens is 5. The van der Waals surface area contributed by atoms with E-state index in [0.29, 0.717) is 11.3 Å². The molecule has 9 heteroatoms. The predicted molar refractivity (Wildman–Crippen MR) is 82.2 cm³/mol. The first-order valence-electron chi connectivity index (χ1n) is 7.42. The zero-order valence-electron chi connectivity index (χ0n) is 13.3. The third-order valence-electron chi connectivity index (χ3n) is 3.13. The summed E-state index contributed by atoms with van der Waals surface area (Å²) < 4.78 is 34.2. The maximum Gasteiger partial charge on any atom is 0.224 e. The van der Waals surface area contributed by atoms with Crippen molar-refractivity contribution in [2.75, 3.05) is 6.61 Å². The Kier molecular flexibility index (Phi) is 6.44. The van der Waals surface area contributed by atoms with E-state index >= 15 is 0 Å². The van der Waals surface area contributed by atoms with Crippen molar-refractivity contribution in [1.29, 1.82) is 0 Å². The number of aliphatic hydroxyl groups excluding tert-OH is 1. The van der Waals surface area contributed by atoms with Gasteiger partial charge in [0.05, 0.1) is 18.4 Å². The highest BCUT2D eigenvalue weighted by Gasteiger charge is 2.32. The minimum atomic E-state index is -2.11. The number of ether oxygens (including phenoxy) is 1. The molecule has 0 spiro atoms. The SMILES string of the molecule is CC(C)OCC=Cc1ccc(C(F)C(O)C(F)n2cnnn2)nc1. The molecule has 0 radical (unpaired) electrons. The van der Waals surface area contributed by atoms with Gasteiger partial charge >= 0.3 is 0 Å². The summed E-state index contributed by atoms with van der Waals surface area (Å²) in [6.07, 6.45) is 0.0392. The molecule has 0 saturated heterocycles. The first kappa shape index (κ1) is 18.1. The van der Waals surface area contributed by atoms with Gasteiger partial charge in [0.1, 0.15) is 12.4 Å². The molecule has 0 aliphatic carbocycles. The highest BCUT2D eigenvalue weighted by atomic mass is 19.1. The second-order valence-corrected chi connectivity index (χ2v) is 5.36. The van der Waals surface area contributed by atoms with Crippen LogP contribution in [0.2, 0.25) is 0 Å². The highest BCUT2D eigenvalue weighted by molar-refractivity contribution is 5.47. The molecule has 3 unspecified atom stereocenters. The quantitative estimate of drug-likeness (QED) is 0.792. The van der Waals surface area contributed by atoms with Crippen LogP contribution in [0.1, 0.15) is 37.6 Å². The van der Waals surface area contributed by atoms with Gasteiger partial charge in [0, 0.05) is 6.20 Å². The van der Waals surface area contributed by atoms with Crippen LogP contribution in [0, 0.1) is 0 Å². The topological polar surface area (TPSA) is 86.0 Å². The molecule has 1 N–H and O–H groups in total. The standard InChI is InChI=1S/C15H19F2N5O2/c1-10(2)24-7-3-4-11-5-6-12(18-8-11)13(16)14(23)15(17)22-9-19-20-21-22/h3-6,8-10,13-15,23H,7H2,1-2H3. The summed E-state index contributed by atoms with van der Waals surface area (Å²) in [6, 6.07) is 3.01. The van der Waals surface area contributed by atoms with Crippen LogP contribution < -0.4 is 0 Å². The highest BCUT2D eigenvalue weighted by Crippen LogP contribution is 2.27. The summed E-state index contributed by atoms with van der Waals surface area (Å²) in [4.78, 5) is 3.92. The van der Waals surface area contributed by atoms with Gasteiger partial charge in [-0.2, -0.15) is 4.68 Å². The van der Waals surface area contributed by atoms with E-state index in [-0.39, 0.29) is 11.8 Å². The van der Waals surface area contributed by atoms with Gasteiger partial charge in [-0.05, 0) is 35.9 Å². The molecular weight excluding hydrogens is 320 g/mol. The molecular formula is C15H19F2N5O2. The fourth-order valence-corrected chi connectivity index (χ4v) is 1.86. The van der Waals surface area contributed by atoms with Crippen molar-refractivity contribution in [3.63, 3.8) is 0 Å². The Morgan fingerprint density at radius 2 is 2.12 bits per heavy atom. The number of rotatable bonds is 8. The van der Waals surface area contributed by atoms with Crippen molar-refractivity contribution in [2.45, 2.75) is 38.5 Å². The minimum absolute atomic E-state index is 0.0752. The lowest BCUT2D eigenvalue weighted by Crippen LogP contribution is -2.26. The van der Waals surface area contributed by atoms with Crippen molar-refractivity contribution in [1.82, 2.24) is 25.2 Å². The largest absolute Gasteiger partial charge is 0.385 e. The number of hydrogen-bond donors (Lipinski definition) is 1. The maximum absolute atomic E-state index is 14.2. The van der Waals surface area contributed by atoms with Crippen molar-refractivity contribution in [3.05, 3.63) is 42.0 Å². The summed E-state index contributed by atoms with van der Waals surface area (Å²) in [7, 11) is 0. The second kappa shape index (κ2) is 8.55. The van der Waals surface area contributed by atoms with Crippen LogP contribution in [0.15, 0.2) is 30.7 Å². The molecule has 2 aromatic rings. The van der Waals surface area contributed by atoms with Crippen LogP contribution in [0.25, 0.3) is 6.08 Å². The first-order chi connectivity index (χ1) is 11.5. The van der Waals surface area contributed by atoms with Crippen molar-refractivity contribution in [2.24, 2.45) is 0 Å². The number of pyridine rings is 1. The van der Waals surface area contributed by atoms with Gasteiger partial charge in [-0.3, -0.25) is 4.98 Å². The summed E-state index contributed by atoms with van der Waals surface area (Å²) in [6.45, 7) is 4.33. The van der Waals surface area contributed by atoms with Crippen molar-refractivity contribution < 1.29 is 18.6 Å². The van der Waals surface area contributed by atoms with Crippen LogP contribution in [0.5, 0.6) is 0 Å². The third-order valence-corrected chi connectivity index (χ3v) is 3.13. The Labute approximate surface area is 138 Å². The summed E-state index contributed by atoms with van der Waals surface area (Å²) in [5, 5.41) is 19.5. The number of nitrogens with zero attached hydrogens (tertiary/aromatic N) is 5. The van der Waals surface area contributed by atoms with Crippen LogP contribution in [0.4, 0.5) is 8.78 Å². The van der Waals surface area contributed by atoms with Gasteiger partial charge < -0.3 is 9.84 Å². The predicted octanol–water partition coefficient (Wildman–Crippen LogP) is 2.05. The fraction of sp³-hybridized carbons (Fsp3) is 0.467. The average Bonchev–Trinajstić information content (AvgIpc) is 3.11. The monoisotopic (exact) mass is 339 g/mol. The third kappa shape index (κ3) is 4.87. The lowest BCUT2D eigenvalue weighted by Gasteiger charge is -2.18. The molecule has 0 saturated carbocycles. The van der Waals surface area contributed by atoms with E-state index in [1.165, 1.54) is 12.3 Å². The molecule has 0 amide bonds. The van der Waals surface area contributed by atoms with E-state index in [9.17, 15) is 13.9 Å². The molecule has 2 rings (SSSR count). The smallest absolute Gasteiger partial charge is 0.224 e. The van der Waals surface area contributed by atoms with E-state index in [1.807, 2.05) is 19.9 Å². The summed E-state index contributed by atoms with van der Waals surface area (Å²) >= 11 is 0. The second-order valence-electron chi connectivity index (χ2n) is 5.36. The molecule has 24 heavy (non-hydrogen) atoms. The van der Waals surface area contributed by atoms with Gasteiger partial charge in [-0.15, -0.1) is 5.10 Å². The number of tetrazole rings is 1. The van der Waals surface area contributed by atoms with Crippen molar-refractivity contribution >= 4 is 6.08 Å². The van der Waals surface area contributed by atoms with E-state index in [2.05, 4.69) is 20.5 Å². The lowest BCUT2D eigenvalue weighted by molar-refractivity contribution is -0.0294. The number of alkyl halides is 2. The van der Waals surface area contributed by atoms with E-state index in [1.54, 1.807) is 12.1 Å². The van der Waals surface area contributed by atoms with E-state index in [4.69, 9.17) is 4.74 Å². The number of aliphatic hydroxyl groups is 1. The number of hydrogen-bond acceptors (Lipinski definition) is 6. The van der Waals surface area contributed by atoms with Gasteiger partial charge in [0.15, 0.2) is 6.17 Å². The molecule has 7 nitrogen and oxygen atoms in total. The molecule has 0 aromatic carbocycles. The van der Waals surface area contributed by atoms with E-state index < -0.39 is 18.6 Å². The van der Waals surface area contributed by atoms with Crippen LogP contribution >= 0.6 is 0 Å². The fourth-order valence-electron chi connectivity index (χ4n) is 1.86. The van der Waals surface area contributed by atoms with E-state index in [0.717, 1.165) is 11.9 Å². The average molecular weight is 339 g/mol. The number of halogens is 2. The molecule has 0 fully saturated rings. The molecule has 3 atom stereocenters. The van der Waals surface area contributed by atoms with Crippen LogP contribution in [-0.4, -0.2) is 49.1 Å². The van der Waals surface area contributed by atoms with Gasteiger partial charge in [0.2, 0.25) is 6.30 Å². The normalized spacial score (nSPS) is 15.8. The summed E-state index contributed by atoms with van der Waals surface area (Å²) in [5.41, 5.74) is 0.666. The summed E-state index contributed by atoms with van der Waals surface area (Å²) in [5.74, 6) is 0. The van der Waals surface area contributed by atoms with Crippen molar-refractivity contribution in [3.8, 4) is 0 Å². The lowest BCUT2D eigenvalue weighted by atomic mass is 10.1. The van der Waals surface area contributed by atoms with Gasteiger partial charge in [-0.25, -0.2) is 8.78 Å². The molecule has 2 heterocycles. The molecule has 0 aliphatic heterocycles. The molecule has 0 bridgehead atoms. The Bertz CT molecular complexity index is 634. The Morgan fingerprint density at radius 1 is 1.33 bits per heavy atom. The molecule has 2 aromatic heterocycles. The Hall–Kier alpha value is -2.26. The first-order valence-corrected chi connectivity index (χ1v) is 7.42. The van der Waals surface area contributed by atoms with Gasteiger partial charge in [0.25, 0.3) is 0 Å². The Balaban J connectivity index is 1.96. The molecule has 130 valence electrons. The zero-order chi connectivity index (χ0) is 17.5. The Morgan fingerprint density at radius 3 is 2.71 bits per heavy atom. The molecule has 0 aliphatic rings. The minimum Gasteiger partial charge on any atom is -0.385 e. The zero-order valence-corrected chi connectivity index (χ0v) is 13.3. The van der Waals surface area contributed by atoms with Crippen LogP contribution in [0.3, 0.4) is 0 Å².